The monoisotopic (exact) mass is 342 g/mol. The summed E-state index contributed by atoms with van der Waals surface area (Å²) in [5, 5.41) is 8.62. The van der Waals surface area contributed by atoms with E-state index >= 15 is 0 Å². The summed E-state index contributed by atoms with van der Waals surface area (Å²) in [4.78, 5) is 14.2. The van der Waals surface area contributed by atoms with Gasteiger partial charge in [0.25, 0.3) is 6.43 Å². The maximum absolute atomic E-state index is 12.7. The van der Waals surface area contributed by atoms with E-state index in [4.69, 9.17) is 10.8 Å². The molecule has 0 bridgehead atoms. The number of nitrogens with zero attached hydrogens (tertiary/aromatic N) is 1. The summed E-state index contributed by atoms with van der Waals surface area (Å²) >= 11 is 1.81. The van der Waals surface area contributed by atoms with Crippen molar-refractivity contribution in [2.45, 2.75) is 19.4 Å². The summed E-state index contributed by atoms with van der Waals surface area (Å²) in [6.45, 7) is 0.0447. The number of nitrogens with two attached hydrogens (primary N) is 1. The zero-order valence-corrected chi connectivity index (χ0v) is 10.2. The summed E-state index contributed by atoms with van der Waals surface area (Å²) in [5.41, 5.74) is 5.20. The number of hydrogen-bond donors (Lipinski definition) is 2. The maximum atomic E-state index is 12.7. The minimum atomic E-state index is -2.80. The normalized spacial score (nSPS) is 10.8. The Morgan fingerprint density at radius 1 is 1.62 bits per heavy atom. The number of carbonyl (C=O) groups is 1. The third-order valence-electron chi connectivity index (χ3n) is 1.90. The number of carboxylic acid groups (broad SMARTS) is 1. The molecular weight excluding hydrogens is 333 g/mol. The van der Waals surface area contributed by atoms with Crippen LogP contribution >= 0.6 is 22.6 Å². The van der Waals surface area contributed by atoms with Crippen LogP contribution < -0.4 is 5.73 Å². The van der Waals surface area contributed by atoms with Gasteiger partial charge in [-0.3, -0.25) is 9.78 Å². The van der Waals surface area contributed by atoms with Gasteiger partial charge in [0.15, 0.2) is 0 Å². The van der Waals surface area contributed by atoms with Gasteiger partial charge in [0.2, 0.25) is 0 Å². The summed E-state index contributed by atoms with van der Waals surface area (Å²) in [7, 11) is 0. The number of pyridine rings is 1. The molecular formula is C9H9F2IN2O2. The van der Waals surface area contributed by atoms with Gasteiger partial charge in [-0.15, -0.1) is 0 Å². The van der Waals surface area contributed by atoms with Gasteiger partial charge in [-0.2, -0.15) is 0 Å². The molecule has 16 heavy (non-hydrogen) atoms. The van der Waals surface area contributed by atoms with Crippen molar-refractivity contribution in [2.24, 2.45) is 5.73 Å². The summed E-state index contributed by atoms with van der Waals surface area (Å²) in [5.74, 6) is -1.16. The highest BCUT2D eigenvalue weighted by atomic mass is 127. The Hall–Kier alpha value is -0.830. The first-order valence-corrected chi connectivity index (χ1v) is 5.41. The van der Waals surface area contributed by atoms with Crippen molar-refractivity contribution in [3.63, 3.8) is 0 Å². The number of aromatic nitrogens is 1. The number of hydrogen-bond acceptors (Lipinski definition) is 3. The van der Waals surface area contributed by atoms with Crippen LogP contribution in [0.15, 0.2) is 6.07 Å². The van der Waals surface area contributed by atoms with Crippen LogP contribution in [-0.4, -0.2) is 16.1 Å². The number of rotatable bonds is 4. The van der Waals surface area contributed by atoms with E-state index in [1.807, 2.05) is 22.6 Å². The topological polar surface area (TPSA) is 76.2 Å². The minimum absolute atomic E-state index is 0.0447. The summed E-state index contributed by atoms with van der Waals surface area (Å²) in [6.07, 6.45) is -3.26. The molecule has 0 amide bonds. The second-order valence-electron chi connectivity index (χ2n) is 3.03. The van der Waals surface area contributed by atoms with Crippen molar-refractivity contribution < 1.29 is 18.7 Å². The highest BCUT2D eigenvalue weighted by molar-refractivity contribution is 14.1. The Bertz CT molecular complexity index is 413. The van der Waals surface area contributed by atoms with Crippen LogP contribution in [0.5, 0.6) is 0 Å². The number of alkyl halides is 2. The van der Waals surface area contributed by atoms with Crippen LogP contribution in [-0.2, 0) is 17.8 Å². The quantitative estimate of drug-likeness (QED) is 0.817. The highest BCUT2D eigenvalue weighted by Crippen LogP contribution is 2.26. The van der Waals surface area contributed by atoms with Gasteiger partial charge in [-0.05, 0) is 28.7 Å². The van der Waals surface area contributed by atoms with E-state index in [0.717, 1.165) is 0 Å². The Labute approximate surface area is 104 Å². The highest BCUT2D eigenvalue weighted by Gasteiger charge is 2.20. The standard InChI is InChI=1S/C9H9F2IN2O2/c10-9(11)8-5(2-7(15)16)6(12)1-4(3-13)14-8/h1,9H,2-3,13H2,(H,15,16). The van der Waals surface area contributed by atoms with Crippen LogP contribution in [0, 0.1) is 3.57 Å². The maximum Gasteiger partial charge on any atom is 0.307 e. The first-order valence-electron chi connectivity index (χ1n) is 4.34. The number of carboxylic acids is 1. The summed E-state index contributed by atoms with van der Waals surface area (Å²) < 4.78 is 25.8. The van der Waals surface area contributed by atoms with E-state index in [0.29, 0.717) is 9.26 Å². The van der Waals surface area contributed by atoms with Gasteiger partial charge in [-0.25, -0.2) is 8.78 Å². The predicted molar refractivity (Wildman–Crippen MR) is 61.1 cm³/mol. The third kappa shape index (κ3) is 3.08. The fourth-order valence-electron chi connectivity index (χ4n) is 1.22. The van der Waals surface area contributed by atoms with Crippen LogP contribution in [0.25, 0.3) is 0 Å². The van der Waals surface area contributed by atoms with Crippen molar-refractivity contribution in [1.29, 1.82) is 0 Å². The van der Waals surface area contributed by atoms with Crippen molar-refractivity contribution in [2.75, 3.05) is 0 Å². The Morgan fingerprint density at radius 2 is 2.25 bits per heavy atom. The fourth-order valence-corrected chi connectivity index (χ4v) is 2.05. The van der Waals surface area contributed by atoms with E-state index in [-0.39, 0.29) is 12.1 Å². The fraction of sp³-hybridized carbons (Fsp3) is 0.333. The van der Waals surface area contributed by atoms with Crippen LogP contribution in [0.3, 0.4) is 0 Å². The lowest BCUT2D eigenvalue weighted by molar-refractivity contribution is -0.136. The van der Waals surface area contributed by atoms with E-state index in [9.17, 15) is 13.6 Å². The Morgan fingerprint density at radius 3 is 2.69 bits per heavy atom. The van der Waals surface area contributed by atoms with E-state index in [2.05, 4.69) is 4.98 Å². The minimum Gasteiger partial charge on any atom is -0.481 e. The van der Waals surface area contributed by atoms with Gasteiger partial charge in [0.05, 0.1) is 12.1 Å². The molecule has 0 spiro atoms. The average molecular weight is 342 g/mol. The molecule has 7 heteroatoms. The van der Waals surface area contributed by atoms with Gasteiger partial charge in [-0.1, -0.05) is 0 Å². The van der Waals surface area contributed by atoms with Gasteiger partial charge >= 0.3 is 5.97 Å². The van der Waals surface area contributed by atoms with Crippen LogP contribution in [0.2, 0.25) is 0 Å². The smallest absolute Gasteiger partial charge is 0.307 e. The molecule has 1 aromatic rings. The first-order chi connectivity index (χ1) is 7.45. The SMILES string of the molecule is NCc1cc(I)c(CC(=O)O)c(C(F)F)n1. The van der Waals surface area contributed by atoms with Crippen molar-refractivity contribution in [3.8, 4) is 0 Å². The lowest BCUT2D eigenvalue weighted by atomic mass is 10.1. The molecule has 1 aromatic heterocycles. The Balaban J connectivity index is 3.27. The second kappa shape index (κ2) is 5.48. The van der Waals surface area contributed by atoms with Crippen molar-refractivity contribution in [3.05, 3.63) is 26.6 Å². The molecule has 0 saturated heterocycles. The van der Waals surface area contributed by atoms with Gasteiger partial charge in [0.1, 0.15) is 5.69 Å². The predicted octanol–water partition coefficient (Wildman–Crippen LogP) is 1.71. The van der Waals surface area contributed by atoms with Crippen molar-refractivity contribution >= 4 is 28.6 Å². The molecule has 4 nitrogen and oxygen atoms in total. The molecule has 1 heterocycles. The molecule has 0 fully saturated rings. The lowest BCUT2D eigenvalue weighted by Crippen LogP contribution is -2.11. The largest absolute Gasteiger partial charge is 0.481 e. The van der Waals surface area contributed by atoms with E-state index in [1.54, 1.807) is 0 Å². The molecule has 0 saturated carbocycles. The van der Waals surface area contributed by atoms with Gasteiger partial charge in [0, 0.05) is 15.7 Å². The number of halogens is 3. The van der Waals surface area contributed by atoms with Crippen molar-refractivity contribution in [1.82, 2.24) is 4.98 Å². The zero-order valence-electron chi connectivity index (χ0n) is 8.08. The molecule has 1 rings (SSSR count). The molecule has 0 aliphatic carbocycles. The number of aliphatic carboxylic acids is 1. The molecule has 0 unspecified atom stereocenters. The molecule has 0 aromatic carbocycles. The second-order valence-corrected chi connectivity index (χ2v) is 4.20. The van der Waals surface area contributed by atoms with E-state index < -0.39 is 24.5 Å². The molecule has 0 atom stereocenters. The van der Waals surface area contributed by atoms with Gasteiger partial charge < -0.3 is 10.8 Å². The van der Waals surface area contributed by atoms with Crippen LogP contribution in [0.4, 0.5) is 8.78 Å². The molecule has 0 aliphatic rings. The average Bonchev–Trinajstić information content (AvgIpc) is 2.19. The molecule has 3 N–H and O–H groups in total. The summed E-state index contributed by atoms with van der Waals surface area (Å²) in [6, 6.07) is 1.52. The van der Waals surface area contributed by atoms with E-state index in [1.165, 1.54) is 6.07 Å². The molecule has 0 aliphatic heterocycles. The van der Waals surface area contributed by atoms with Crippen LogP contribution in [0.1, 0.15) is 23.4 Å². The molecule has 0 radical (unpaired) electrons. The molecule has 88 valence electrons. The first kappa shape index (κ1) is 13.2. The Kier molecular flexibility index (Phi) is 4.54. The zero-order chi connectivity index (χ0) is 12.3. The third-order valence-corrected chi connectivity index (χ3v) is 2.86. The lowest BCUT2D eigenvalue weighted by Gasteiger charge is -2.10.